The van der Waals surface area contributed by atoms with Gasteiger partial charge in [-0.2, -0.15) is 0 Å². The van der Waals surface area contributed by atoms with Crippen molar-refractivity contribution in [2.24, 2.45) is 5.92 Å². The van der Waals surface area contributed by atoms with Crippen LogP contribution >= 0.6 is 0 Å². The summed E-state index contributed by atoms with van der Waals surface area (Å²) in [5.41, 5.74) is 2.82. The normalized spacial score (nSPS) is 32.0. The third-order valence-corrected chi connectivity index (χ3v) is 6.64. The first kappa shape index (κ1) is 16.1. The molecule has 3 unspecified atom stereocenters. The molecular weight excluding hydrogens is 324 g/mol. The van der Waals surface area contributed by atoms with Gasteiger partial charge in [-0.05, 0) is 43.2 Å². The predicted octanol–water partition coefficient (Wildman–Crippen LogP) is 1.43. The Morgan fingerprint density at radius 3 is 2.92 bits per heavy atom. The van der Waals surface area contributed by atoms with E-state index in [1.165, 1.54) is 17.4 Å². The molecule has 24 heavy (non-hydrogen) atoms. The fourth-order valence-corrected chi connectivity index (χ4v) is 5.53. The Morgan fingerprint density at radius 2 is 2.12 bits per heavy atom. The van der Waals surface area contributed by atoms with Crippen molar-refractivity contribution in [3.8, 4) is 0 Å². The topological polar surface area (TPSA) is 66.5 Å². The van der Waals surface area contributed by atoms with Crippen LogP contribution in [0.5, 0.6) is 0 Å². The number of carbonyl (C=O) groups is 1. The Kier molecular flexibility index (Phi) is 3.73. The molecule has 3 atom stereocenters. The first-order valence-electron chi connectivity index (χ1n) is 8.73. The van der Waals surface area contributed by atoms with Gasteiger partial charge in [0.2, 0.25) is 15.9 Å². The van der Waals surface area contributed by atoms with Crippen molar-refractivity contribution in [3.05, 3.63) is 35.4 Å². The zero-order chi connectivity index (χ0) is 16.9. The number of amides is 1. The van der Waals surface area contributed by atoms with Crippen molar-refractivity contribution < 1.29 is 13.2 Å². The van der Waals surface area contributed by atoms with Crippen LogP contribution in [0.4, 0.5) is 0 Å². The summed E-state index contributed by atoms with van der Waals surface area (Å²) in [5.74, 6) is 0.292. The van der Waals surface area contributed by atoms with Crippen LogP contribution in [0.2, 0.25) is 0 Å². The number of hydrogen-bond donors (Lipinski definition) is 1. The van der Waals surface area contributed by atoms with Crippen LogP contribution in [0, 0.1) is 5.92 Å². The number of likely N-dealkylation sites (tertiary alicyclic amines) is 1. The molecule has 130 valence electrons. The Bertz CT molecular complexity index is 776. The third-order valence-electron chi connectivity index (χ3n) is 5.88. The molecule has 4 rings (SSSR count). The molecule has 0 aromatic heterocycles. The van der Waals surface area contributed by atoms with E-state index in [4.69, 9.17) is 0 Å². The first-order chi connectivity index (χ1) is 11.4. The number of fused-ring (bicyclic) bond motifs is 2. The fourth-order valence-electron chi connectivity index (χ4n) is 4.74. The van der Waals surface area contributed by atoms with Crippen LogP contribution < -0.4 is 4.72 Å². The molecule has 2 fully saturated rings. The molecule has 0 bridgehead atoms. The second-order valence-corrected chi connectivity index (χ2v) is 9.36. The highest BCUT2D eigenvalue weighted by Gasteiger charge is 2.61. The van der Waals surface area contributed by atoms with Gasteiger partial charge in [-0.15, -0.1) is 0 Å². The van der Waals surface area contributed by atoms with E-state index in [2.05, 4.69) is 29.0 Å². The molecule has 1 spiro atoms. The number of nitrogens with zero attached hydrogens (tertiary/aromatic N) is 1. The molecule has 1 aromatic carbocycles. The lowest BCUT2D eigenvalue weighted by molar-refractivity contribution is -0.132. The number of carbonyl (C=O) groups excluding carboxylic acids is 1. The third kappa shape index (κ3) is 2.75. The minimum Gasteiger partial charge on any atom is -0.341 e. The van der Waals surface area contributed by atoms with Gasteiger partial charge in [0.05, 0.1) is 6.26 Å². The molecule has 0 radical (unpaired) electrons. The SMILES string of the molecule is CS(=O)(=O)NC1CCN(C(=O)C2CC23CCCc2ccccc23)C1. The molecule has 1 saturated heterocycles. The number of nitrogens with one attached hydrogen (secondary N) is 1. The van der Waals surface area contributed by atoms with E-state index in [1.807, 2.05) is 4.90 Å². The Labute approximate surface area is 143 Å². The molecule has 5 nitrogen and oxygen atoms in total. The van der Waals surface area contributed by atoms with Crippen molar-refractivity contribution in [2.45, 2.75) is 43.6 Å². The largest absolute Gasteiger partial charge is 0.341 e. The highest BCUT2D eigenvalue weighted by Crippen LogP contribution is 2.60. The van der Waals surface area contributed by atoms with Gasteiger partial charge in [0.1, 0.15) is 0 Å². The lowest BCUT2D eigenvalue weighted by Gasteiger charge is -2.27. The van der Waals surface area contributed by atoms with Crippen molar-refractivity contribution in [1.82, 2.24) is 9.62 Å². The van der Waals surface area contributed by atoms with E-state index < -0.39 is 10.0 Å². The molecule has 2 aliphatic carbocycles. The molecular formula is C18H24N2O3S. The highest BCUT2D eigenvalue weighted by atomic mass is 32.2. The van der Waals surface area contributed by atoms with E-state index in [1.54, 1.807) is 0 Å². The Balaban J connectivity index is 1.47. The molecule has 6 heteroatoms. The summed E-state index contributed by atoms with van der Waals surface area (Å²) in [6.07, 6.45) is 6.19. The molecule has 1 saturated carbocycles. The molecule has 1 heterocycles. The van der Waals surface area contributed by atoms with Crippen molar-refractivity contribution >= 4 is 15.9 Å². The molecule has 1 N–H and O–H groups in total. The van der Waals surface area contributed by atoms with Crippen molar-refractivity contribution in [3.63, 3.8) is 0 Å². The maximum absolute atomic E-state index is 13.0. The second kappa shape index (κ2) is 5.56. The summed E-state index contributed by atoms with van der Waals surface area (Å²) in [7, 11) is -3.22. The maximum Gasteiger partial charge on any atom is 0.226 e. The smallest absolute Gasteiger partial charge is 0.226 e. The monoisotopic (exact) mass is 348 g/mol. The van der Waals surface area contributed by atoms with Gasteiger partial charge in [-0.25, -0.2) is 13.1 Å². The van der Waals surface area contributed by atoms with Gasteiger partial charge in [-0.3, -0.25) is 4.79 Å². The van der Waals surface area contributed by atoms with Crippen molar-refractivity contribution in [2.75, 3.05) is 19.3 Å². The molecule has 3 aliphatic rings. The summed E-state index contributed by atoms with van der Waals surface area (Å²) in [6, 6.07) is 8.40. The second-order valence-electron chi connectivity index (χ2n) is 7.58. The lowest BCUT2D eigenvalue weighted by atomic mass is 9.78. The van der Waals surface area contributed by atoms with Crippen molar-refractivity contribution in [1.29, 1.82) is 0 Å². The van der Waals surface area contributed by atoms with Gasteiger partial charge in [-0.1, -0.05) is 24.3 Å². The summed E-state index contributed by atoms with van der Waals surface area (Å²) in [5, 5.41) is 0. The average molecular weight is 348 g/mol. The zero-order valence-electron chi connectivity index (χ0n) is 14.0. The molecule has 1 amide bonds. The summed E-state index contributed by atoms with van der Waals surface area (Å²) in [4.78, 5) is 14.8. The average Bonchev–Trinajstić information content (AvgIpc) is 3.05. The number of sulfonamides is 1. The standard InChI is InChI=1S/C18H24N2O3S/c1-24(22,23)19-14-8-10-20(12-14)17(21)16-11-18(16)9-4-6-13-5-2-3-7-15(13)18/h2-3,5,7,14,16,19H,4,6,8-12H2,1H3. The Hall–Kier alpha value is -1.40. The van der Waals surface area contributed by atoms with Crippen LogP contribution in [0.1, 0.15) is 36.8 Å². The van der Waals surface area contributed by atoms with E-state index in [9.17, 15) is 13.2 Å². The molecule has 1 aliphatic heterocycles. The first-order valence-corrected chi connectivity index (χ1v) is 10.6. The van der Waals surface area contributed by atoms with E-state index in [-0.39, 0.29) is 23.3 Å². The summed E-state index contributed by atoms with van der Waals surface area (Å²) >= 11 is 0. The number of benzene rings is 1. The van der Waals surface area contributed by atoms with Gasteiger partial charge in [0.15, 0.2) is 0 Å². The van der Waals surface area contributed by atoms with Gasteiger partial charge in [0, 0.05) is 30.5 Å². The summed E-state index contributed by atoms with van der Waals surface area (Å²) in [6.45, 7) is 1.15. The van der Waals surface area contributed by atoms with Crippen LogP contribution in [0.25, 0.3) is 0 Å². The Morgan fingerprint density at radius 1 is 1.33 bits per heavy atom. The number of aryl methyl sites for hydroxylation is 1. The van der Waals surface area contributed by atoms with Gasteiger partial charge < -0.3 is 4.90 Å². The number of hydrogen-bond acceptors (Lipinski definition) is 3. The van der Waals surface area contributed by atoms with Gasteiger partial charge >= 0.3 is 0 Å². The molecule has 1 aromatic rings. The highest BCUT2D eigenvalue weighted by molar-refractivity contribution is 7.88. The van der Waals surface area contributed by atoms with E-state index in [0.29, 0.717) is 19.5 Å². The minimum atomic E-state index is -3.22. The maximum atomic E-state index is 13.0. The lowest BCUT2D eigenvalue weighted by Crippen LogP contribution is -2.39. The van der Waals surface area contributed by atoms with Crippen LogP contribution in [-0.4, -0.2) is 44.6 Å². The van der Waals surface area contributed by atoms with Crippen LogP contribution in [0.15, 0.2) is 24.3 Å². The van der Waals surface area contributed by atoms with Gasteiger partial charge in [0.25, 0.3) is 0 Å². The van der Waals surface area contributed by atoms with E-state index in [0.717, 1.165) is 25.7 Å². The minimum absolute atomic E-state index is 0.0499. The predicted molar refractivity (Wildman–Crippen MR) is 92.1 cm³/mol. The fraction of sp³-hybridized carbons (Fsp3) is 0.611. The summed E-state index contributed by atoms with van der Waals surface area (Å²) < 4.78 is 25.4. The van der Waals surface area contributed by atoms with Crippen LogP contribution in [-0.2, 0) is 26.7 Å². The quantitative estimate of drug-likeness (QED) is 0.899. The number of rotatable bonds is 3. The van der Waals surface area contributed by atoms with Crippen LogP contribution in [0.3, 0.4) is 0 Å². The zero-order valence-corrected chi connectivity index (χ0v) is 14.8. The van der Waals surface area contributed by atoms with E-state index >= 15 is 0 Å².